The van der Waals surface area contributed by atoms with Crippen molar-refractivity contribution >= 4 is 52.3 Å². The van der Waals surface area contributed by atoms with Crippen LogP contribution in [0.4, 0.5) is 0 Å². The molecule has 0 bridgehead atoms. The largest absolute Gasteiger partial charge is 0.490 e. The lowest BCUT2D eigenvalue weighted by Gasteiger charge is -2.22. The molecule has 1 N–H and O–H groups in total. The summed E-state index contributed by atoms with van der Waals surface area (Å²) in [6.07, 6.45) is 3.26. The van der Waals surface area contributed by atoms with Gasteiger partial charge < -0.3 is 9.47 Å². The van der Waals surface area contributed by atoms with Crippen molar-refractivity contribution in [2.45, 2.75) is 6.92 Å². The summed E-state index contributed by atoms with van der Waals surface area (Å²) in [7, 11) is 0. The first kappa shape index (κ1) is 20.9. The van der Waals surface area contributed by atoms with Crippen LogP contribution in [0.3, 0.4) is 0 Å². The Labute approximate surface area is 187 Å². The normalized spacial score (nSPS) is 16.4. The summed E-state index contributed by atoms with van der Waals surface area (Å²) < 4.78 is 11.1. The van der Waals surface area contributed by atoms with E-state index in [9.17, 15) is 9.59 Å². The Kier molecular flexibility index (Phi) is 5.92. The second kappa shape index (κ2) is 8.79. The highest BCUT2D eigenvalue weighted by molar-refractivity contribution is 8.16. The highest BCUT2D eigenvalue weighted by Gasteiger charge is 2.31. The molecule has 4 rings (SSSR count). The summed E-state index contributed by atoms with van der Waals surface area (Å²) in [5, 5.41) is 11.1. The number of fused-ring (bicyclic) bond motifs is 1. The van der Waals surface area contributed by atoms with Gasteiger partial charge in [-0.3, -0.25) is 15.1 Å². The Morgan fingerprint density at radius 1 is 1.23 bits per heavy atom. The average Bonchev–Trinajstić information content (AvgIpc) is 3.22. The lowest BCUT2D eigenvalue weighted by Crippen LogP contribution is -2.35. The standard InChI is InChI=1S/C22H16ClN3O4S/c1-2-29-18-12-13(11-16-19(24)26-9-10-31-22(26)25-20(16)27)3-8-17(18)30-21(28)14-4-6-15(23)7-5-14/h3-12,24H,2H2,1H3. The van der Waals surface area contributed by atoms with Crippen molar-refractivity contribution in [3.8, 4) is 11.5 Å². The monoisotopic (exact) mass is 453 g/mol. The van der Waals surface area contributed by atoms with E-state index in [1.54, 1.807) is 65.0 Å². The Hall–Kier alpha value is -3.36. The number of amides is 1. The van der Waals surface area contributed by atoms with Crippen molar-refractivity contribution in [2.75, 3.05) is 6.61 Å². The molecule has 0 spiro atoms. The lowest BCUT2D eigenvalue weighted by atomic mass is 10.1. The van der Waals surface area contributed by atoms with Gasteiger partial charge in [-0.05, 0) is 60.4 Å². The number of aliphatic imine (C=N–C) groups is 1. The molecule has 31 heavy (non-hydrogen) atoms. The van der Waals surface area contributed by atoms with Gasteiger partial charge in [0.05, 0.1) is 17.7 Å². The van der Waals surface area contributed by atoms with E-state index in [1.807, 2.05) is 6.92 Å². The molecular formula is C22H16ClN3O4S. The number of thioether (sulfide) groups is 1. The number of benzene rings is 2. The van der Waals surface area contributed by atoms with Crippen LogP contribution >= 0.6 is 23.4 Å². The summed E-state index contributed by atoms with van der Waals surface area (Å²) in [5.41, 5.74) is 1.12. The van der Waals surface area contributed by atoms with Crippen molar-refractivity contribution < 1.29 is 19.1 Å². The third-order valence-electron chi connectivity index (χ3n) is 4.37. The number of nitrogens with one attached hydrogen (secondary N) is 1. The predicted octanol–water partition coefficient (Wildman–Crippen LogP) is 4.73. The van der Waals surface area contributed by atoms with Crippen LogP contribution in [0, 0.1) is 5.41 Å². The van der Waals surface area contributed by atoms with Crippen LogP contribution in [0.1, 0.15) is 22.8 Å². The number of hydrogen-bond acceptors (Lipinski definition) is 6. The molecule has 2 aliphatic heterocycles. The number of halogens is 1. The molecule has 0 aromatic heterocycles. The van der Waals surface area contributed by atoms with Gasteiger partial charge in [0, 0.05) is 11.2 Å². The van der Waals surface area contributed by atoms with Gasteiger partial charge in [-0.15, -0.1) is 0 Å². The predicted molar refractivity (Wildman–Crippen MR) is 121 cm³/mol. The molecule has 0 aliphatic carbocycles. The molecule has 9 heteroatoms. The van der Waals surface area contributed by atoms with Gasteiger partial charge in [0.2, 0.25) is 0 Å². The molecule has 2 aromatic rings. The SMILES string of the molecule is CCOc1cc(C=C2C(=N)N3C=CSC3=NC2=O)ccc1OC(=O)c1ccc(Cl)cc1. The zero-order valence-corrected chi connectivity index (χ0v) is 17.9. The number of carbonyl (C=O) groups excluding carboxylic acids is 2. The van der Waals surface area contributed by atoms with E-state index in [2.05, 4.69) is 4.99 Å². The first-order chi connectivity index (χ1) is 15.0. The number of rotatable bonds is 5. The van der Waals surface area contributed by atoms with E-state index in [-0.39, 0.29) is 17.2 Å². The highest BCUT2D eigenvalue weighted by Crippen LogP contribution is 2.32. The van der Waals surface area contributed by atoms with Crippen LogP contribution < -0.4 is 9.47 Å². The third-order valence-corrected chi connectivity index (χ3v) is 5.38. The van der Waals surface area contributed by atoms with Gasteiger partial charge in [0.1, 0.15) is 5.84 Å². The molecule has 0 saturated carbocycles. The lowest BCUT2D eigenvalue weighted by molar-refractivity contribution is -0.114. The molecule has 7 nitrogen and oxygen atoms in total. The zero-order valence-electron chi connectivity index (χ0n) is 16.3. The first-order valence-electron chi connectivity index (χ1n) is 9.27. The first-order valence-corrected chi connectivity index (χ1v) is 10.5. The summed E-state index contributed by atoms with van der Waals surface area (Å²) in [4.78, 5) is 30.4. The number of esters is 1. The molecule has 1 amide bonds. The Bertz CT molecular complexity index is 1170. The minimum atomic E-state index is -0.548. The van der Waals surface area contributed by atoms with E-state index < -0.39 is 11.9 Å². The van der Waals surface area contributed by atoms with Crippen LogP contribution in [0.5, 0.6) is 11.5 Å². The smallest absolute Gasteiger partial charge is 0.343 e. The van der Waals surface area contributed by atoms with Crippen molar-refractivity contribution in [3.63, 3.8) is 0 Å². The molecule has 0 radical (unpaired) electrons. The van der Waals surface area contributed by atoms with Crippen LogP contribution in [-0.4, -0.2) is 34.4 Å². The van der Waals surface area contributed by atoms with Crippen molar-refractivity contribution in [3.05, 3.63) is 75.8 Å². The fourth-order valence-corrected chi connectivity index (χ4v) is 3.74. The van der Waals surface area contributed by atoms with E-state index in [1.165, 1.54) is 11.8 Å². The van der Waals surface area contributed by atoms with Gasteiger partial charge in [0.25, 0.3) is 5.91 Å². The molecule has 2 aliphatic rings. The van der Waals surface area contributed by atoms with Crippen LogP contribution in [0.15, 0.2) is 64.6 Å². The van der Waals surface area contributed by atoms with E-state index in [0.717, 1.165) is 0 Å². The quantitative estimate of drug-likeness (QED) is 0.399. The average molecular weight is 454 g/mol. The van der Waals surface area contributed by atoms with E-state index in [4.69, 9.17) is 26.5 Å². The van der Waals surface area contributed by atoms with E-state index >= 15 is 0 Å². The summed E-state index contributed by atoms with van der Waals surface area (Å²) in [6.45, 7) is 2.16. The molecule has 0 unspecified atom stereocenters. The van der Waals surface area contributed by atoms with Gasteiger partial charge in [0.15, 0.2) is 16.7 Å². The van der Waals surface area contributed by atoms with Crippen molar-refractivity contribution in [1.82, 2.24) is 4.90 Å². The highest BCUT2D eigenvalue weighted by atomic mass is 35.5. The molecular weight excluding hydrogens is 438 g/mol. The van der Waals surface area contributed by atoms with E-state index in [0.29, 0.717) is 33.7 Å². The third kappa shape index (κ3) is 4.40. The number of ether oxygens (including phenoxy) is 2. The maximum absolute atomic E-state index is 12.4. The number of carbonyl (C=O) groups is 2. The molecule has 0 atom stereocenters. The number of nitrogens with zero attached hydrogens (tertiary/aromatic N) is 2. The number of hydrogen-bond donors (Lipinski definition) is 1. The maximum atomic E-state index is 12.4. The zero-order chi connectivity index (χ0) is 22.0. The Morgan fingerprint density at radius 3 is 2.74 bits per heavy atom. The minimum absolute atomic E-state index is 0.0486. The van der Waals surface area contributed by atoms with Crippen molar-refractivity contribution in [1.29, 1.82) is 5.41 Å². The van der Waals surface area contributed by atoms with Crippen molar-refractivity contribution in [2.24, 2.45) is 4.99 Å². The number of amidine groups is 2. The fraction of sp³-hybridized carbons (Fsp3) is 0.0909. The van der Waals surface area contributed by atoms with Gasteiger partial charge in [-0.25, -0.2) is 4.79 Å². The molecule has 2 heterocycles. The summed E-state index contributed by atoms with van der Waals surface area (Å²) >= 11 is 7.15. The minimum Gasteiger partial charge on any atom is -0.490 e. The van der Waals surface area contributed by atoms with Crippen LogP contribution in [0.25, 0.3) is 6.08 Å². The Balaban J connectivity index is 1.61. The molecule has 156 valence electrons. The van der Waals surface area contributed by atoms with Gasteiger partial charge in [-0.1, -0.05) is 29.4 Å². The second-order valence-electron chi connectivity index (χ2n) is 6.41. The van der Waals surface area contributed by atoms with Crippen LogP contribution in [-0.2, 0) is 4.79 Å². The molecule has 0 saturated heterocycles. The topological polar surface area (TPSA) is 92.1 Å². The fourth-order valence-electron chi connectivity index (χ4n) is 2.91. The molecule has 0 fully saturated rings. The molecule has 2 aromatic carbocycles. The second-order valence-corrected chi connectivity index (χ2v) is 7.72. The summed E-state index contributed by atoms with van der Waals surface area (Å²) in [5.74, 6) is -0.396. The Morgan fingerprint density at radius 2 is 2.00 bits per heavy atom. The van der Waals surface area contributed by atoms with Gasteiger partial charge >= 0.3 is 5.97 Å². The van der Waals surface area contributed by atoms with Gasteiger partial charge in [-0.2, -0.15) is 4.99 Å². The van der Waals surface area contributed by atoms with Crippen LogP contribution in [0.2, 0.25) is 5.02 Å². The maximum Gasteiger partial charge on any atom is 0.343 e. The summed E-state index contributed by atoms with van der Waals surface area (Å²) in [6, 6.07) is 11.3.